The van der Waals surface area contributed by atoms with Gasteiger partial charge >= 0.3 is 59.8 Å². The van der Waals surface area contributed by atoms with Gasteiger partial charge in [-0.25, -0.2) is 28.7 Å². The van der Waals surface area contributed by atoms with Crippen LogP contribution in [0.1, 0.15) is 94.6 Å². The molecule has 2 heterocycles. The summed E-state index contributed by atoms with van der Waals surface area (Å²) in [6.45, 7) is -0.542. The van der Waals surface area contributed by atoms with Crippen LogP contribution in [0.25, 0.3) is 11.3 Å². The number of halogens is 1. The number of hydrogen-bond donors (Lipinski definition) is 17. The summed E-state index contributed by atoms with van der Waals surface area (Å²) in [7, 11) is 0. The number of carboxylic acid groups (broad SMARTS) is 8. The van der Waals surface area contributed by atoms with Gasteiger partial charge in [0, 0.05) is 105 Å². The van der Waals surface area contributed by atoms with Crippen LogP contribution < -0.4 is 47.9 Å². The lowest BCUT2D eigenvalue weighted by Crippen LogP contribution is -2.53. The Kier molecular flexibility index (Phi) is 38.8. The quantitative estimate of drug-likeness (QED) is 0.0171. The molecule has 1 saturated heterocycles. The highest BCUT2D eigenvalue weighted by Gasteiger charge is 2.31. The molecule has 1 aromatic heterocycles. The molecule has 5 rings (SSSR count). The molecule has 1 unspecified atom stereocenters. The van der Waals surface area contributed by atoms with Gasteiger partial charge in [-0.1, -0.05) is 41.6 Å². The van der Waals surface area contributed by atoms with Gasteiger partial charge in [-0.05, 0) is 166 Å². The van der Waals surface area contributed by atoms with E-state index in [1.165, 1.54) is 10.9 Å². The first-order chi connectivity index (χ1) is 51.5. The number of unbranched alkanes of at least 4 members (excludes halogenated alkanes) is 3. The van der Waals surface area contributed by atoms with Gasteiger partial charge in [0.15, 0.2) is 5.11 Å². The van der Waals surface area contributed by atoms with E-state index < -0.39 is 134 Å². The molecule has 17 N–H and O–H groups in total. The van der Waals surface area contributed by atoms with Crippen LogP contribution >= 0.6 is 34.8 Å². The summed E-state index contributed by atoms with van der Waals surface area (Å²) in [5.74, 6) is -11.7. The number of aryl methyl sites for hydroxylation is 1. The van der Waals surface area contributed by atoms with Gasteiger partial charge in [0.2, 0.25) is 17.7 Å². The summed E-state index contributed by atoms with van der Waals surface area (Å²) in [5.41, 5.74) is 3.49. The number of hydrogen-bond acceptors (Lipinski definition) is 20. The zero-order valence-electron chi connectivity index (χ0n) is 59.4. The largest absolute Gasteiger partial charge is 0.481 e. The zero-order valence-corrected chi connectivity index (χ0v) is 62.4. The molecule has 1 fully saturated rings. The molecule has 0 saturated carbocycles. The maximum atomic E-state index is 14.1. The molecule has 37 nitrogen and oxygen atoms in total. The lowest BCUT2D eigenvalue weighted by molar-refractivity contribution is -0.142. The van der Waals surface area contributed by atoms with E-state index in [1.807, 2.05) is 24.3 Å². The maximum absolute atomic E-state index is 14.1. The van der Waals surface area contributed by atoms with Gasteiger partial charge in [-0.3, -0.25) is 58.0 Å². The Morgan fingerprint density at radius 2 is 1.01 bits per heavy atom. The van der Waals surface area contributed by atoms with Crippen molar-refractivity contribution >= 4 is 129 Å². The minimum Gasteiger partial charge on any atom is -0.481 e. The fourth-order valence-corrected chi connectivity index (χ4v) is 12.2. The number of amides is 7. The van der Waals surface area contributed by atoms with Gasteiger partial charge in [-0.15, -0.1) is 5.10 Å². The van der Waals surface area contributed by atoms with Gasteiger partial charge in [-0.2, -0.15) is 0 Å². The predicted molar refractivity (Wildman–Crippen MR) is 402 cm³/mol. The fourth-order valence-electron chi connectivity index (χ4n) is 11.6. The molecule has 1 aliphatic heterocycles. The average molecular weight is 1640 g/mol. The third-order valence-corrected chi connectivity index (χ3v) is 18.1. The molecule has 0 bridgehead atoms. The maximum Gasteiger partial charge on any atom is 0.326 e. The number of carbonyl (C=O) groups excluding carboxylic acids is 5. The van der Waals surface area contributed by atoms with Crippen molar-refractivity contribution in [1.82, 2.24) is 71.8 Å². The standard InChI is InChI=1S/C69H95IN16O21S/c70-47-20-16-44(17-21-47)9-7-15-56(87)71-26-4-2-13-52(64(100)101)78-63(99)51(77-57(88)39-86-55(37-74-81-86)46-10-8-11-49(36-46)75-67(106)72-27-5-3-14-53(65(102)103)79-68(107)80-54(66(104)105)24-25-58(89)90)12-1-6-28-73-69(108)76-48-22-18-45(19-23-48)35-50-38-84(42-61(95)96)32-31-82(40-59(91)92)29-30-83(41-60(93)94)33-34-85(50)43-62(97)98/h8,10-11,16-23,36-37,50-54H,1-7,9,12-15,24-35,38-43H2,(H,71,87)(H,77,88)(H,78,99)(H,89,90)(H,91,92)(H,93,94)(H,95,96)(H,97,98)(H,100,101)(H,102,103)(H,104,105)(H2,72,75,106)(H2,73,76,108)(H2,79,80,107)/t50?,51-,52-,53-,54-/m0/s1. The summed E-state index contributed by atoms with van der Waals surface area (Å²) in [6, 6.07) is 13.5. The van der Waals surface area contributed by atoms with Crippen LogP contribution in [-0.2, 0) is 72.1 Å². The fraction of sp³-hybridized carbons (Fsp3) is 0.507. The Hall–Kier alpha value is -10.2. The van der Waals surface area contributed by atoms with Crippen LogP contribution in [0.15, 0.2) is 79.0 Å². The minimum absolute atomic E-state index is 0.00423. The van der Waals surface area contributed by atoms with Crippen molar-refractivity contribution < 1.29 is 103 Å². The number of nitrogens with one attached hydrogen (secondary N) is 9. The third-order valence-electron chi connectivity index (χ3n) is 17.1. The van der Waals surface area contributed by atoms with Crippen molar-refractivity contribution in [3.63, 3.8) is 0 Å². The van der Waals surface area contributed by atoms with Gasteiger partial charge in [0.1, 0.15) is 30.7 Å². The molecule has 0 radical (unpaired) electrons. The Morgan fingerprint density at radius 1 is 0.481 bits per heavy atom. The van der Waals surface area contributed by atoms with E-state index in [-0.39, 0.29) is 128 Å². The molecule has 7 amide bonds. The Bertz CT molecular complexity index is 3690. The molecule has 4 aromatic rings. The van der Waals surface area contributed by atoms with E-state index in [0.717, 1.165) is 21.1 Å². The smallest absolute Gasteiger partial charge is 0.326 e. The van der Waals surface area contributed by atoms with Gasteiger partial charge < -0.3 is 88.7 Å². The Morgan fingerprint density at radius 3 is 1.59 bits per heavy atom. The molecular weight excluding hydrogens is 1550 g/mol. The number of thiocarbonyl (C=S) groups is 1. The van der Waals surface area contributed by atoms with Crippen LogP contribution in [0.5, 0.6) is 0 Å². The Labute approximate surface area is 640 Å². The highest BCUT2D eigenvalue weighted by molar-refractivity contribution is 14.1. The van der Waals surface area contributed by atoms with Crippen molar-refractivity contribution in [2.24, 2.45) is 0 Å². The normalized spacial score (nSPS) is 15.0. The van der Waals surface area contributed by atoms with Crippen molar-refractivity contribution in [2.75, 3.05) is 102 Å². The number of rotatable bonds is 45. The van der Waals surface area contributed by atoms with Crippen molar-refractivity contribution in [2.45, 2.75) is 133 Å². The highest BCUT2D eigenvalue weighted by Crippen LogP contribution is 2.23. The lowest BCUT2D eigenvalue weighted by atomic mass is 10.0. The number of anilines is 2. The van der Waals surface area contributed by atoms with Crippen LogP contribution in [0.3, 0.4) is 0 Å². The summed E-state index contributed by atoms with van der Waals surface area (Å²) in [4.78, 5) is 167. The monoisotopic (exact) mass is 1640 g/mol. The van der Waals surface area contributed by atoms with Crippen molar-refractivity contribution in [3.05, 3.63) is 93.7 Å². The number of carbonyl (C=O) groups is 13. The molecule has 5 atom stereocenters. The topological polar surface area (TPSA) is 536 Å². The molecule has 108 heavy (non-hydrogen) atoms. The zero-order chi connectivity index (χ0) is 79.1. The summed E-state index contributed by atoms with van der Waals surface area (Å²) in [6.07, 6.45) is 4.10. The summed E-state index contributed by atoms with van der Waals surface area (Å²) >= 11 is 7.84. The number of urea groups is 2. The SMILES string of the molecule is O=C(O)CC[C@H](NC(=O)N[C@@H](CCCCNC(=O)Nc1cccc(-c2cnnn2CC(=O)N[C@@H](CCCCNC(=S)Nc2ccc(CC3CN(CC(=O)O)CCN(CC(=O)O)CCN(CC(=O)O)CCN3CC(=O)O)cc2)C(=O)N[C@@H](CCCCNC(=O)CCCc2ccc(I)cc2)C(=O)O)c1)C(=O)O)C(=O)O. The molecular formula is C69H95IN16O21S. The van der Waals surface area contributed by atoms with Crippen LogP contribution in [0.2, 0.25) is 0 Å². The number of nitrogens with zero attached hydrogens (tertiary/aromatic N) is 7. The minimum atomic E-state index is -1.58. The van der Waals surface area contributed by atoms with Gasteiger partial charge in [0.05, 0.1) is 38.1 Å². The first-order valence-electron chi connectivity index (χ1n) is 35.0. The average Bonchev–Trinajstić information content (AvgIpc) is 1.60. The second-order valence-corrected chi connectivity index (χ2v) is 27.3. The molecule has 3 aromatic carbocycles. The first-order valence-corrected chi connectivity index (χ1v) is 36.5. The lowest BCUT2D eigenvalue weighted by Gasteiger charge is -2.37. The van der Waals surface area contributed by atoms with Crippen molar-refractivity contribution in [3.8, 4) is 11.3 Å². The van der Waals surface area contributed by atoms with E-state index >= 15 is 0 Å². The van der Waals surface area contributed by atoms with Crippen molar-refractivity contribution in [1.29, 1.82) is 0 Å². The molecule has 590 valence electrons. The third kappa shape index (κ3) is 35.4. The number of carboxylic acids is 8. The summed E-state index contributed by atoms with van der Waals surface area (Å²) < 4.78 is 2.36. The number of benzene rings is 3. The predicted octanol–water partition coefficient (Wildman–Crippen LogP) is 1.90. The first kappa shape index (κ1) is 88.4. The number of aliphatic carboxylic acids is 8. The summed E-state index contributed by atoms with van der Waals surface area (Å²) in [5, 5.41) is 109. The second-order valence-electron chi connectivity index (χ2n) is 25.7. The Balaban J connectivity index is 1.19. The highest BCUT2D eigenvalue weighted by atomic mass is 127. The second kappa shape index (κ2) is 47.4. The van der Waals surface area contributed by atoms with E-state index in [9.17, 15) is 98.1 Å². The van der Waals surface area contributed by atoms with Crippen LogP contribution in [0.4, 0.5) is 21.0 Å². The van der Waals surface area contributed by atoms with E-state index in [1.54, 1.807) is 68.1 Å². The van der Waals surface area contributed by atoms with Crippen LogP contribution in [0, 0.1) is 3.57 Å². The molecule has 0 spiro atoms. The number of aromatic nitrogens is 3. The van der Waals surface area contributed by atoms with E-state index in [4.69, 9.17) is 17.3 Å². The van der Waals surface area contributed by atoms with Gasteiger partial charge in [0.25, 0.3) is 0 Å². The van der Waals surface area contributed by atoms with E-state index in [0.29, 0.717) is 61.2 Å². The molecule has 1 aliphatic rings. The van der Waals surface area contributed by atoms with E-state index in [2.05, 4.69) is 80.8 Å². The molecule has 0 aliphatic carbocycles. The van der Waals surface area contributed by atoms with Crippen LogP contribution in [-0.4, -0.2) is 280 Å². The molecule has 39 heteroatoms.